The molecule has 98 valence electrons. The predicted molar refractivity (Wildman–Crippen MR) is 73.8 cm³/mol. The molecule has 0 aliphatic heterocycles. The molecule has 2 nitrogen and oxygen atoms in total. The standard InChI is InChI=1S/C14H25NOS/c1-4-14(2,3)12-6-5-11(10-15)13(9-12)17-8-7-16/h11-13,16H,4-9H2,1-3H3. The Labute approximate surface area is 110 Å². The molecule has 3 unspecified atom stereocenters. The van der Waals surface area contributed by atoms with Crippen LogP contribution >= 0.6 is 11.8 Å². The summed E-state index contributed by atoms with van der Waals surface area (Å²) in [5, 5.41) is 18.5. The first-order valence-corrected chi connectivity index (χ1v) is 7.72. The van der Waals surface area contributed by atoms with Gasteiger partial charge in [-0.2, -0.15) is 17.0 Å². The lowest BCUT2D eigenvalue weighted by Crippen LogP contribution is -2.34. The van der Waals surface area contributed by atoms with E-state index < -0.39 is 0 Å². The van der Waals surface area contributed by atoms with Crippen LogP contribution in [-0.4, -0.2) is 22.7 Å². The van der Waals surface area contributed by atoms with Crippen LogP contribution in [0, 0.1) is 28.6 Å². The van der Waals surface area contributed by atoms with Crippen molar-refractivity contribution in [2.24, 2.45) is 17.3 Å². The second kappa shape index (κ2) is 6.66. The van der Waals surface area contributed by atoms with Crippen molar-refractivity contribution in [3.63, 3.8) is 0 Å². The van der Waals surface area contributed by atoms with Gasteiger partial charge in [-0.05, 0) is 30.6 Å². The first kappa shape index (κ1) is 14.9. The Bertz CT molecular complexity index is 272. The molecule has 1 aliphatic carbocycles. The molecule has 0 aromatic rings. The molecule has 1 saturated carbocycles. The Balaban J connectivity index is 2.62. The van der Waals surface area contributed by atoms with E-state index in [1.807, 2.05) is 0 Å². The lowest BCUT2D eigenvalue weighted by Gasteiger charge is -2.41. The molecular weight excluding hydrogens is 230 g/mol. The van der Waals surface area contributed by atoms with E-state index in [2.05, 4.69) is 26.8 Å². The van der Waals surface area contributed by atoms with E-state index in [1.165, 1.54) is 12.8 Å². The fraction of sp³-hybridized carbons (Fsp3) is 0.929. The summed E-state index contributed by atoms with van der Waals surface area (Å²) in [6.07, 6.45) is 4.57. The third kappa shape index (κ3) is 3.89. The van der Waals surface area contributed by atoms with Gasteiger partial charge in [0.15, 0.2) is 0 Å². The maximum atomic E-state index is 9.18. The van der Waals surface area contributed by atoms with Crippen LogP contribution < -0.4 is 0 Å². The van der Waals surface area contributed by atoms with Gasteiger partial charge in [0.05, 0.1) is 18.6 Å². The van der Waals surface area contributed by atoms with Crippen LogP contribution in [0.3, 0.4) is 0 Å². The molecule has 1 aliphatic rings. The van der Waals surface area contributed by atoms with Crippen molar-refractivity contribution in [3.05, 3.63) is 0 Å². The van der Waals surface area contributed by atoms with E-state index in [1.54, 1.807) is 11.8 Å². The number of nitriles is 1. The zero-order chi connectivity index (χ0) is 12.9. The zero-order valence-corrected chi connectivity index (χ0v) is 12.1. The maximum Gasteiger partial charge on any atom is 0.0667 e. The quantitative estimate of drug-likeness (QED) is 0.818. The minimum atomic E-state index is 0.190. The highest BCUT2D eigenvalue weighted by atomic mass is 32.2. The van der Waals surface area contributed by atoms with Crippen LogP contribution in [0.5, 0.6) is 0 Å². The molecule has 1 rings (SSSR count). The summed E-state index contributed by atoms with van der Waals surface area (Å²) in [5.41, 5.74) is 0.387. The number of hydrogen-bond donors (Lipinski definition) is 1. The highest BCUT2D eigenvalue weighted by molar-refractivity contribution is 7.99. The average Bonchev–Trinajstić information content (AvgIpc) is 2.35. The Morgan fingerprint density at radius 2 is 2.12 bits per heavy atom. The minimum absolute atomic E-state index is 0.190. The van der Waals surface area contributed by atoms with E-state index in [0.717, 1.165) is 24.5 Å². The molecule has 0 heterocycles. The molecule has 0 radical (unpaired) electrons. The molecule has 1 fully saturated rings. The number of rotatable bonds is 5. The Kier molecular flexibility index (Phi) is 5.82. The van der Waals surface area contributed by atoms with Gasteiger partial charge in [0.1, 0.15) is 0 Å². The van der Waals surface area contributed by atoms with Crippen LogP contribution in [0.4, 0.5) is 0 Å². The van der Waals surface area contributed by atoms with Crippen molar-refractivity contribution in [2.75, 3.05) is 12.4 Å². The number of hydrogen-bond acceptors (Lipinski definition) is 3. The molecule has 17 heavy (non-hydrogen) atoms. The van der Waals surface area contributed by atoms with Crippen molar-refractivity contribution in [3.8, 4) is 6.07 Å². The minimum Gasteiger partial charge on any atom is -0.396 e. The summed E-state index contributed by atoms with van der Waals surface area (Å²) in [6, 6.07) is 2.45. The summed E-state index contributed by atoms with van der Waals surface area (Å²) in [7, 11) is 0. The van der Waals surface area contributed by atoms with E-state index in [-0.39, 0.29) is 12.5 Å². The van der Waals surface area contributed by atoms with E-state index in [9.17, 15) is 5.26 Å². The van der Waals surface area contributed by atoms with Crippen LogP contribution in [0.15, 0.2) is 0 Å². The number of nitrogens with zero attached hydrogens (tertiary/aromatic N) is 1. The Morgan fingerprint density at radius 1 is 1.41 bits per heavy atom. The molecule has 0 amide bonds. The molecule has 0 saturated heterocycles. The van der Waals surface area contributed by atoms with Crippen LogP contribution in [0.2, 0.25) is 0 Å². The average molecular weight is 255 g/mol. The smallest absolute Gasteiger partial charge is 0.0667 e. The summed E-state index contributed by atoms with van der Waals surface area (Å²) in [6.45, 7) is 7.17. The van der Waals surface area contributed by atoms with E-state index in [0.29, 0.717) is 10.7 Å². The van der Waals surface area contributed by atoms with Crippen LogP contribution in [-0.2, 0) is 0 Å². The molecule has 0 spiro atoms. The lowest BCUT2D eigenvalue weighted by atomic mass is 9.67. The maximum absolute atomic E-state index is 9.18. The number of thioether (sulfide) groups is 1. The van der Waals surface area contributed by atoms with Gasteiger partial charge in [0.2, 0.25) is 0 Å². The van der Waals surface area contributed by atoms with Gasteiger partial charge < -0.3 is 5.11 Å². The van der Waals surface area contributed by atoms with Gasteiger partial charge in [-0.3, -0.25) is 0 Å². The zero-order valence-electron chi connectivity index (χ0n) is 11.3. The molecular formula is C14H25NOS. The van der Waals surface area contributed by atoms with E-state index >= 15 is 0 Å². The predicted octanol–water partition coefficient (Wildman–Crippen LogP) is 3.46. The second-order valence-corrected chi connectivity index (χ2v) is 7.07. The van der Waals surface area contributed by atoms with E-state index in [4.69, 9.17) is 5.11 Å². The first-order valence-electron chi connectivity index (χ1n) is 6.67. The van der Waals surface area contributed by atoms with Crippen LogP contribution in [0.1, 0.15) is 46.5 Å². The Morgan fingerprint density at radius 3 is 2.65 bits per heavy atom. The van der Waals surface area contributed by atoms with Crippen molar-refractivity contribution in [2.45, 2.75) is 51.7 Å². The lowest BCUT2D eigenvalue weighted by molar-refractivity contribution is 0.144. The summed E-state index contributed by atoms with van der Waals surface area (Å²) in [5.74, 6) is 1.69. The van der Waals surface area contributed by atoms with Crippen molar-refractivity contribution in [1.82, 2.24) is 0 Å². The van der Waals surface area contributed by atoms with Crippen molar-refractivity contribution >= 4 is 11.8 Å². The summed E-state index contributed by atoms with van der Waals surface area (Å²) >= 11 is 1.79. The monoisotopic (exact) mass is 255 g/mol. The molecule has 0 aromatic heterocycles. The molecule has 0 bridgehead atoms. The van der Waals surface area contributed by atoms with Gasteiger partial charge in [-0.1, -0.05) is 27.2 Å². The molecule has 0 aromatic carbocycles. The Hall–Kier alpha value is -0.200. The van der Waals surface area contributed by atoms with Crippen molar-refractivity contribution in [1.29, 1.82) is 5.26 Å². The van der Waals surface area contributed by atoms with Gasteiger partial charge in [-0.25, -0.2) is 0 Å². The molecule has 3 heteroatoms. The normalized spacial score (nSPS) is 29.9. The van der Waals surface area contributed by atoms with Gasteiger partial charge in [0.25, 0.3) is 0 Å². The third-order valence-electron chi connectivity index (χ3n) is 4.40. The highest BCUT2D eigenvalue weighted by Gasteiger charge is 2.37. The third-order valence-corrected chi connectivity index (χ3v) is 5.76. The first-order chi connectivity index (χ1) is 8.05. The van der Waals surface area contributed by atoms with Crippen molar-refractivity contribution < 1.29 is 5.11 Å². The number of aliphatic hydroxyl groups excluding tert-OH is 1. The number of aliphatic hydroxyl groups is 1. The summed E-state index contributed by atoms with van der Waals surface area (Å²) < 4.78 is 0. The molecule has 3 atom stereocenters. The molecule has 1 N–H and O–H groups in total. The van der Waals surface area contributed by atoms with Gasteiger partial charge in [-0.15, -0.1) is 0 Å². The second-order valence-electron chi connectivity index (χ2n) is 5.72. The highest BCUT2D eigenvalue weighted by Crippen LogP contribution is 2.45. The van der Waals surface area contributed by atoms with Gasteiger partial charge in [0, 0.05) is 11.0 Å². The summed E-state index contributed by atoms with van der Waals surface area (Å²) in [4.78, 5) is 0. The topological polar surface area (TPSA) is 44.0 Å². The fourth-order valence-corrected chi connectivity index (χ4v) is 3.87. The fourth-order valence-electron chi connectivity index (χ4n) is 2.66. The largest absolute Gasteiger partial charge is 0.396 e. The van der Waals surface area contributed by atoms with Crippen LogP contribution in [0.25, 0.3) is 0 Å². The SMILES string of the molecule is CCC(C)(C)C1CCC(C#N)C(SCCO)C1. The van der Waals surface area contributed by atoms with Gasteiger partial charge >= 0.3 is 0 Å².